The third-order valence-electron chi connectivity index (χ3n) is 4.55. The van der Waals surface area contributed by atoms with E-state index in [0.717, 1.165) is 4.90 Å². The van der Waals surface area contributed by atoms with Crippen molar-refractivity contribution in [2.75, 3.05) is 18.5 Å². The second-order valence-corrected chi connectivity index (χ2v) is 6.67. The molecule has 2 N–H and O–H groups in total. The third kappa shape index (κ3) is 2.97. The monoisotopic (exact) mass is 386 g/mol. The molecule has 138 valence electrons. The van der Waals surface area contributed by atoms with Gasteiger partial charge in [0.15, 0.2) is 5.54 Å². The van der Waals surface area contributed by atoms with Gasteiger partial charge in [0, 0.05) is 18.2 Å². The van der Waals surface area contributed by atoms with Crippen LogP contribution in [-0.2, 0) is 15.1 Å². The van der Waals surface area contributed by atoms with Gasteiger partial charge in [-0.2, -0.15) is 0 Å². The number of urea groups is 1. The van der Waals surface area contributed by atoms with E-state index in [1.54, 1.807) is 30.3 Å². The zero-order valence-electron chi connectivity index (χ0n) is 14.1. The molecular weight excluding hydrogens is 372 g/mol. The molecule has 1 fully saturated rings. The molecule has 2 aliphatic rings. The number of benzene rings is 1. The number of halogens is 1. The van der Waals surface area contributed by atoms with E-state index in [2.05, 4.69) is 15.6 Å². The Labute approximate surface area is 159 Å². The lowest BCUT2D eigenvalue weighted by Crippen LogP contribution is -2.48. The van der Waals surface area contributed by atoms with E-state index in [4.69, 9.17) is 16.3 Å². The van der Waals surface area contributed by atoms with Gasteiger partial charge in [-0.1, -0.05) is 29.8 Å². The highest BCUT2D eigenvalue weighted by Crippen LogP contribution is 2.40. The van der Waals surface area contributed by atoms with Crippen molar-refractivity contribution in [3.63, 3.8) is 0 Å². The van der Waals surface area contributed by atoms with Crippen LogP contribution in [0.4, 0.5) is 10.6 Å². The molecule has 0 radical (unpaired) electrons. The molecule has 1 unspecified atom stereocenters. The number of amides is 4. The number of carbonyl (C=O) groups excluding carboxylic acids is 3. The standard InChI is InChI=1S/C18H15ClN4O4/c19-11-5-6-14(20-9-11)21-15(24)10-23-16(25)18(22-17(23)26)7-8-27-13-4-2-1-3-12(13)18/h1-6,9H,7-8,10H2,(H,22,26)(H,20,21,24). The lowest BCUT2D eigenvalue weighted by Gasteiger charge is -2.33. The molecule has 0 aliphatic carbocycles. The summed E-state index contributed by atoms with van der Waals surface area (Å²) in [5.41, 5.74) is -0.609. The predicted molar refractivity (Wildman–Crippen MR) is 96.4 cm³/mol. The first-order chi connectivity index (χ1) is 13.0. The summed E-state index contributed by atoms with van der Waals surface area (Å²) in [5.74, 6) is -0.176. The van der Waals surface area contributed by atoms with Crippen molar-refractivity contribution in [3.05, 3.63) is 53.2 Å². The number of hydrogen-bond acceptors (Lipinski definition) is 5. The van der Waals surface area contributed by atoms with E-state index in [1.807, 2.05) is 0 Å². The second-order valence-electron chi connectivity index (χ2n) is 6.23. The SMILES string of the molecule is O=C(CN1C(=O)NC2(CCOc3ccccc32)C1=O)Nc1ccc(Cl)cn1. The smallest absolute Gasteiger partial charge is 0.325 e. The van der Waals surface area contributed by atoms with Crippen LogP contribution in [0.5, 0.6) is 5.75 Å². The molecule has 2 aromatic rings. The zero-order chi connectivity index (χ0) is 19.0. The fraction of sp³-hybridized carbons (Fsp3) is 0.222. The molecule has 0 saturated carbocycles. The van der Waals surface area contributed by atoms with E-state index >= 15 is 0 Å². The van der Waals surface area contributed by atoms with E-state index in [1.165, 1.54) is 12.3 Å². The molecule has 2 aliphatic heterocycles. The third-order valence-corrected chi connectivity index (χ3v) is 4.78. The first-order valence-corrected chi connectivity index (χ1v) is 8.65. The summed E-state index contributed by atoms with van der Waals surface area (Å²) in [6.07, 6.45) is 1.68. The Morgan fingerprint density at radius 3 is 2.89 bits per heavy atom. The molecule has 8 nitrogen and oxygen atoms in total. The van der Waals surface area contributed by atoms with Gasteiger partial charge < -0.3 is 15.4 Å². The Kier molecular flexibility index (Phi) is 4.19. The normalized spacial score (nSPS) is 20.9. The van der Waals surface area contributed by atoms with Gasteiger partial charge in [0.05, 0.1) is 11.6 Å². The molecular formula is C18H15ClN4O4. The minimum absolute atomic E-state index is 0.280. The number of pyridine rings is 1. The van der Waals surface area contributed by atoms with Crippen LogP contribution in [0.3, 0.4) is 0 Å². The van der Waals surface area contributed by atoms with Crippen molar-refractivity contribution < 1.29 is 19.1 Å². The second kappa shape index (κ2) is 6.55. The maximum Gasteiger partial charge on any atom is 0.325 e. The van der Waals surface area contributed by atoms with Crippen molar-refractivity contribution >= 4 is 35.3 Å². The summed E-state index contributed by atoms with van der Waals surface area (Å²) in [6.45, 7) is -0.127. The molecule has 9 heteroatoms. The van der Waals surface area contributed by atoms with Crippen molar-refractivity contribution in [3.8, 4) is 5.75 Å². The fourth-order valence-electron chi connectivity index (χ4n) is 3.29. The van der Waals surface area contributed by atoms with Crippen molar-refractivity contribution in [2.45, 2.75) is 12.0 Å². The molecule has 3 heterocycles. The van der Waals surface area contributed by atoms with E-state index in [9.17, 15) is 14.4 Å². The maximum atomic E-state index is 13.1. The van der Waals surface area contributed by atoms with Crippen LogP contribution in [-0.4, -0.2) is 40.9 Å². The van der Waals surface area contributed by atoms with Gasteiger partial charge in [-0.15, -0.1) is 0 Å². The van der Waals surface area contributed by atoms with Crippen LogP contribution in [0.15, 0.2) is 42.6 Å². The summed E-state index contributed by atoms with van der Waals surface area (Å²) in [5, 5.41) is 5.72. The number of aromatic nitrogens is 1. The van der Waals surface area contributed by atoms with Gasteiger partial charge in [-0.05, 0) is 18.2 Å². The number of ether oxygens (including phenoxy) is 1. The highest BCUT2D eigenvalue weighted by atomic mass is 35.5. The number of nitrogens with one attached hydrogen (secondary N) is 2. The number of fused-ring (bicyclic) bond motifs is 2. The Hall–Kier alpha value is -3.13. The quantitative estimate of drug-likeness (QED) is 0.785. The van der Waals surface area contributed by atoms with Gasteiger partial charge in [-0.25, -0.2) is 9.78 Å². The molecule has 1 aromatic carbocycles. The van der Waals surface area contributed by atoms with Crippen LogP contribution in [0.2, 0.25) is 5.02 Å². The number of imide groups is 1. The molecule has 1 atom stereocenters. The number of carbonyl (C=O) groups is 3. The van der Waals surface area contributed by atoms with Crippen molar-refractivity contribution in [1.29, 1.82) is 0 Å². The minimum Gasteiger partial charge on any atom is -0.493 e. The van der Waals surface area contributed by atoms with Crippen LogP contribution < -0.4 is 15.4 Å². The fourth-order valence-corrected chi connectivity index (χ4v) is 3.40. The van der Waals surface area contributed by atoms with Gasteiger partial charge in [0.2, 0.25) is 5.91 Å². The van der Waals surface area contributed by atoms with Crippen LogP contribution >= 0.6 is 11.6 Å². The molecule has 0 bridgehead atoms. The van der Waals surface area contributed by atoms with Crippen LogP contribution in [0, 0.1) is 0 Å². The summed E-state index contributed by atoms with van der Waals surface area (Å²) in [6, 6.07) is 9.55. The first-order valence-electron chi connectivity index (χ1n) is 8.27. The predicted octanol–water partition coefficient (Wildman–Crippen LogP) is 1.90. The van der Waals surface area contributed by atoms with Crippen molar-refractivity contribution in [1.82, 2.24) is 15.2 Å². The molecule has 1 spiro atoms. The largest absolute Gasteiger partial charge is 0.493 e. The van der Waals surface area contributed by atoms with Gasteiger partial charge >= 0.3 is 6.03 Å². The number of rotatable bonds is 3. The average molecular weight is 387 g/mol. The summed E-state index contributed by atoms with van der Waals surface area (Å²) in [4.78, 5) is 42.7. The lowest BCUT2D eigenvalue weighted by atomic mass is 9.84. The highest BCUT2D eigenvalue weighted by Gasteiger charge is 2.55. The maximum absolute atomic E-state index is 13.1. The zero-order valence-corrected chi connectivity index (χ0v) is 14.8. The summed E-state index contributed by atoms with van der Waals surface area (Å²) < 4.78 is 5.58. The topological polar surface area (TPSA) is 101 Å². The van der Waals surface area contributed by atoms with Crippen molar-refractivity contribution in [2.24, 2.45) is 0 Å². The number of nitrogens with zero attached hydrogens (tertiary/aromatic N) is 2. The highest BCUT2D eigenvalue weighted by molar-refractivity contribution is 6.30. The van der Waals surface area contributed by atoms with Gasteiger partial charge in [-0.3, -0.25) is 14.5 Å². The van der Waals surface area contributed by atoms with E-state index in [0.29, 0.717) is 22.8 Å². The Bertz CT molecular complexity index is 933. The minimum atomic E-state index is -1.20. The number of anilines is 1. The lowest BCUT2D eigenvalue weighted by molar-refractivity contribution is -0.135. The summed E-state index contributed by atoms with van der Waals surface area (Å²) in [7, 11) is 0. The molecule has 1 aromatic heterocycles. The number of para-hydroxylation sites is 1. The molecule has 27 heavy (non-hydrogen) atoms. The molecule has 4 rings (SSSR count). The summed E-state index contributed by atoms with van der Waals surface area (Å²) >= 11 is 5.76. The molecule has 1 saturated heterocycles. The Morgan fingerprint density at radius 2 is 2.11 bits per heavy atom. The number of hydrogen-bond donors (Lipinski definition) is 2. The first kappa shape index (κ1) is 17.3. The van der Waals surface area contributed by atoms with Crippen LogP contribution in [0.1, 0.15) is 12.0 Å². The molecule has 4 amide bonds. The Balaban J connectivity index is 1.54. The average Bonchev–Trinajstić information content (AvgIpc) is 2.89. The van der Waals surface area contributed by atoms with Gasteiger partial charge in [0.1, 0.15) is 18.1 Å². The van der Waals surface area contributed by atoms with Gasteiger partial charge in [0.25, 0.3) is 5.91 Å². The Morgan fingerprint density at radius 1 is 1.30 bits per heavy atom. The van der Waals surface area contributed by atoms with Crippen LogP contribution in [0.25, 0.3) is 0 Å². The van der Waals surface area contributed by atoms with E-state index < -0.39 is 29.9 Å². The van der Waals surface area contributed by atoms with E-state index in [-0.39, 0.29) is 12.4 Å².